The van der Waals surface area contributed by atoms with Gasteiger partial charge in [-0.25, -0.2) is 18.2 Å². The highest BCUT2D eigenvalue weighted by Gasteiger charge is 2.24. The Morgan fingerprint density at radius 2 is 1.86 bits per heavy atom. The zero-order chi connectivity index (χ0) is 19.8. The van der Waals surface area contributed by atoms with Gasteiger partial charge in [-0.1, -0.05) is 30.3 Å². The predicted octanol–water partition coefficient (Wildman–Crippen LogP) is 5.23. The van der Waals surface area contributed by atoms with Crippen LogP contribution < -0.4 is 5.32 Å². The maximum atomic E-state index is 15.1. The van der Waals surface area contributed by atoms with Gasteiger partial charge in [-0.05, 0) is 11.6 Å². The van der Waals surface area contributed by atoms with Crippen molar-refractivity contribution in [2.45, 2.75) is 0 Å². The Morgan fingerprint density at radius 1 is 1.11 bits per heavy atom. The molecule has 138 valence electrons. The molecule has 0 radical (unpaired) electrons. The van der Waals surface area contributed by atoms with Crippen molar-refractivity contribution in [3.63, 3.8) is 0 Å². The lowest BCUT2D eigenvalue weighted by Crippen LogP contribution is -2.04. The van der Waals surface area contributed by atoms with Crippen LogP contribution >= 0.6 is 0 Å². The normalized spacial score (nSPS) is 10.8. The van der Waals surface area contributed by atoms with Gasteiger partial charge in [0.25, 0.3) is 0 Å². The molecule has 0 atom stereocenters. The van der Waals surface area contributed by atoms with Gasteiger partial charge < -0.3 is 10.3 Å². The number of aromatic nitrogens is 2. The summed E-state index contributed by atoms with van der Waals surface area (Å²) in [5.41, 5.74) is 1.06. The van der Waals surface area contributed by atoms with E-state index in [-0.39, 0.29) is 33.5 Å². The molecule has 0 aliphatic carbocycles. The smallest absolute Gasteiger partial charge is 0.174 e. The fourth-order valence-corrected chi connectivity index (χ4v) is 3.26. The van der Waals surface area contributed by atoms with Crippen LogP contribution in [0.1, 0.15) is 5.56 Å². The number of hydrogen-bond donors (Lipinski definition) is 2. The molecule has 4 nitrogen and oxygen atoms in total. The molecule has 2 aromatic carbocycles. The molecule has 0 unspecified atom stereocenters. The van der Waals surface area contributed by atoms with Crippen molar-refractivity contribution < 1.29 is 13.2 Å². The molecule has 2 heterocycles. The van der Waals surface area contributed by atoms with E-state index in [9.17, 15) is 14.0 Å². The van der Waals surface area contributed by atoms with Crippen molar-refractivity contribution in [1.29, 1.82) is 5.26 Å². The van der Waals surface area contributed by atoms with Crippen LogP contribution in [0.2, 0.25) is 0 Å². The summed E-state index contributed by atoms with van der Waals surface area (Å²) in [7, 11) is 1.50. The van der Waals surface area contributed by atoms with E-state index in [2.05, 4.69) is 15.3 Å². The number of benzene rings is 2. The van der Waals surface area contributed by atoms with Crippen molar-refractivity contribution in [1.82, 2.24) is 9.97 Å². The average molecular weight is 378 g/mol. The van der Waals surface area contributed by atoms with Gasteiger partial charge in [0, 0.05) is 35.8 Å². The zero-order valence-corrected chi connectivity index (χ0v) is 14.6. The summed E-state index contributed by atoms with van der Waals surface area (Å²) in [6.07, 6.45) is 1.43. The lowest BCUT2D eigenvalue weighted by Gasteiger charge is -2.14. The molecule has 0 aliphatic rings. The predicted molar refractivity (Wildman–Crippen MR) is 101 cm³/mol. The van der Waals surface area contributed by atoms with Crippen LogP contribution in [0, 0.1) is 28.8 Å². The van der Waals surface area contributed by atoms with Gasteiger partial charge in [0.15, 0.2) is 11.6 Å². The third-order valence-electron chi connectivity index (χ3n) is 4.51. The SMILES string of the molecule is CNc1nc(-c2c[nH]c3c(F)cc(F)cc23)c(C#N)c(-c2ccccc2)c1F. The molecule has 2 aromatic heterocycles. The van der Waals surface area contributed by atoms with Gasteiger partial charge in [0.05, 0.1) is 16.8 Å². The molecule has 0 fully saturated rings. The Hall–Kier alpha value is -3.79. The number of halogens is 3. The molecule has 7 heteroatoms. The van der Waals surface area contributed by atoms with E-state index in [4.69, 9.17) is 0 Å². The number of nitrogens with zero attached hydrogens (tertiary/aromatic N) is 2. The van der Waals surface area contributed by atoms with Crippen molar-refractivity contribution in [2.24, 2.45) is 0 Å². The van der Waals surface area contributed by atoms with Crippen LogP contribution in [0.15, 0.2) is 48.7 Å². The van der Waals surface area contributed by atoms with Crippen molar-refractivity contribution >= 4 is 16.7 Å². The molecule has 28 heavy (non-hydrogen) atoms. The molecule has 0 saturated carbocycles. The summed E-state index contributed by atoms with van der Waals surface area (Å²) in [4.78, 5) is 6.97. The number of nitriles is 1. The fraction of sp³-hybridized carbons (Fsp3) is 0.0476. The highest BCUT2D eigenvalue weighted by Crippen LogP contribution is 2.38. The topological polar surface area (TPSA) is 64.5 Å². The highest BCUT2D eigenvalue weighted by atomic mass is 19.1. The molecular formula is C21H13F3N4. The molecular weight excluding hydrogens is 365 g/mol. The molecule has 0 bridgehead atoms. The van der Waals surface area contributed by atoms with Crippen LogP contribution in [0.5, 0.6) is 0 Å². The molecule has 2 N–H and O–H groups in total. The average Bonchev–Trinajstić information content (AvgIpc) is 3.12. The number of fused-ring (bicyclic) bond motifs is 1. The third kappa shape index (κ3) is 2.67. The molecule has 0 spiro atoms. The van der Waals surface area contributed by atoms with Crippen molar-refractivity contribution in [3.8, 4) is 28.5 Å². The third-order valence-corrected chi connectivity index (χ3v) is 4.51. The van der Waals surface area contributed by atoms with E-state index in [1.54, 1.807) is 30.3 Å². The van der Waals surface area contributed by atoms with E-state index in [0.29, 0.717) is 11.1 Å². The summed E-state index contributed by atoms with van der Waals surface area (Å²) in [5, 5.41) is 12.7. The van der Waals surface area contributed by atoms with E-state index < -0.39 is 17.5 Å². The summed E-state index contributed by atoms with van der Waals surface area (Å²) in [6, 6.07) is 12.5. The summed E-state index contributed by atoms with van der Waals surface area (Å²) < 4.78 is 42.9. The minimum absolute atomic E-state index is 0.0201. The second-order valence-electron chi connectivity index (χ2n) is 6.11. The Kier molecular flexibility index (Phi) is 4.24. The molecule has 0 aliphatic heterocycles. The Bertz CT molecular complexity index is 1240. The summed E-state index contributed by atoms with van der Waals surface area (Å²) in [5.74, 6) is -2.27. The second-order valence-corrected chi connectivity index (χ2v) is 6.11. The first-order chi connectivity index (χ1) is 13.5. The van der Waals surface area contributed by atoms with E-state index >= 15 is 4.39 Å². The van der Waals surface area contributed by atoms with Crippen LogP contribution in [-0.2, 0) is 0 Å². The lowest BCUT2D eigenvalue weighted by atomic mass is 9.95. The Morgan fingerprint density at radius 3 is 2.54 bits per heavy atom. The maximum Gasteiger partial charge on any atom is 0.174 e. The van der Waals surface area contributed by atoms with Gasteiger partial charge in [-0.3, -0.25) is 0 Å². The van der Waals surface area contributed by atoms with Gasteiger partial charge in [0.2, 0.25) is 0 Å². The van der Waals surface area contributed by atoms with Gasteiger partial charge in [-0.15, -0.1) is 0 Å². The van der Waals surface area contributed by atoms with Crippen LogP contribution in [0.3, 0.4) is 0 Å². The first kappa shape index (κ1) is 17.6. The zero-order valence-electron chi connectivity index (χ0n) is 14.6. The summed E-state index contributed by atoms with van der Waals surface area (Å²) >= 11 is 0. The van der Waals surface area contributed by atoms with Gasteiger partial charge >= 0.3 is 0 Å². The van der Waals surface area contributed by atoms with E-state index in [1.807, 2.05) is 6.07 Å². The van der Waals surface area contributed by atoms with Crippen LogP contribution in [-0.4, -0.2) is 17.0 Å². The number of hydrogen-bond acceptors (Lipinski definition) is 3. The van der Waals surface area contributed by atoms with Gasteiger partial charge in [0.1, 0.15) is 17.7 Å². The number of nitrogens with one attached hydrogen (secondary N) is 2. The Labute approximate surface area is 158 Å². The minimum Gasteiger partial charge on any atom is -0.371 e. The van der Waals surface area contributed by atoms with E-state index in [1.165, 1.54) is 13.2 Å². The molecule has 4 aromatic rings. The summed E-state index contributed by atoms with van der Waals surface area (Å²) in [6.45, 7) is 0. The van der Waals surface area contributed by atoms with E-state index in [0.717, 1.165) is 12.1 Å². The Balaban J connectivity index is 2.11. The molecule has 0 saturated heterocycles. The monoisotopic (exact) mass is 378 g/mol. The van der Waals surface area contributed by atoms with Crippen LogP contribution in [0.25, 0.3) is 33.3 Å². The minimum atomic E-state index is -0.765. The quantitative estimate of drug-likeness (QED) is 0.513. The number of anilines is 1. The first-order valence-corrected chi connectivity index (χ1v) is 8.38. The van der Waals surface area contributed by atoms with Crippen molar-refractivity contribution in [3.05, 3.63) is 71.7 Å². The number of pyridine rings is 1. The highest BCUT2D eigenvalue weighted by molar-refractivity contribution is 5.98. The molecule has 4 rings (SSSR count). The number of H-pyrrole nitrogens is 1. The lowest BCUT2D eigenvalue weighted by molar-refractivity contribution is 0.591. The largest absolute Gasteiger partial charge is 0.371 e. The number of aromatic amines is 1. The van der Waals surface area contributed by atoms with Gasteiger partial charge in [-0.2, -0.15) is 5.26 Å². The standard InChI is InChI=1S/C21H13F3N4/c1-26-21-18(24)17(11-5-3-2-4-6-11)14(9-25)19(28-21)15-10-27-20-13(15)7-12(22)8-16(20)23/h2-8,10,27H,1H3,(H,26,28). The van der Waals surface area contributed by atoms with Crippen LogP contribution in [0.4, 0.5) is 19.0 Å². The van der Waals surface area contributed by atoms with Crippen molar-refractivity contribution in [2.75, 3.05) is 12.4 Å². The maximum absolute atomic E-state index is 15.1. The molecule has 0 amide bonds. The fourth-order valence-electron chi connectivity index (χ4n) is 3.26. The first-order valence-electron chi connectivity index (χ1n) is 8.38. The number of rotatable bonds is 3. The second kappa shape index (κ2) is 6.74.